The smallest absolute Gasteiger partial charge is 0.120 e. The predicted molar refractivity (Wildman–Crippen MR) is 77.2 cm³/mol. The van der Waals surface area contributed by atoms with Crippen molar-refractivity contribution < 1.29 is 14.6 Å². The van der Waals surface area contributed by atoms with Crippen LogP contribution in [0.4, 0.5) is 0 Å². The maximum absolute atomic E-state index is 9.75. The van der Waals surface area contributed by atoms with Gasteiger partial charge in [0.2, 0.25) is 0 Å². The first-order chi connectivity index (χ1) is 9.04. The molecule has 0 saturated heterocycles. The van der Waals surface area contributed by atoms with Gasteiger partial charge in [0.15, 0.2) is 0 Å². The molecule has 0 amide bonds. The molecule has 1 aromatic carbocycles. The van der Waals surface area contributed by atoms with Crippen LogP contribution in [0.5, 0.6) is 5.75 Å². The summed E-state index contributed by atoms with van der Waals surface area (Å²) in [7, 11) is 1.65. The number of rotatable bonds is 8. The Bertz CT molecular complexity index is 375. The van der Waals surface area contributed by atoms with Gasteiger partial charge in [-0.1, -0.05) is 11.6 Å². The van der Waals surface area contributed by atoms with Crippen LogP contribution >= 0.6 is 11.6 Å². The molecule has 0 saturated carbocycles. The van der Waals surface area contributed by atoms with Crippen LogP contribution in [0, 0.1) is 13.8 Å². The number of aliphatic hydroxyl groups excluding tert-OH is 1. The molecule has 1 atom stereocenters. The molecule has 1 unspecified atom stereocenters. The summed E-state index contributed by atoms with van der Waals surface area (Å²) in [6, 6.07) is 3.75. The first-order valence-corrected chi connectivity index (χ1v) is 6.69. The van der Waals surface area contributed by atoms with E-state index in [9.17, 15) is 5.11 Å². The molecule has 0 heterocycles. The molecule has 2 N–H and O–H groups in total. The van der Waals surface area contributed by atoms with E-state index in [4.69, 9.17) is 21.1 Å². The number of ether oxygens (including phenoxy) is 2. The number of aliphatic hydroxyl groups is 1. The minimum absolute atomic E-state index is 0.250. The summed E-state index contributed by atoms with van der Waals surface area (Å²) in [4.78, 5) is 0. The van der Waals surface area contributed by atoms with E-state index >= 15 is 0 Å². The molecule has 108 valence electrons. The van der Waals surface area contributed by atoms with Crippen molar-refractivity contribution in [3.8, 4) is 5.75 Å². The minimum atomic E-state index is -0.548. The van der Waals surface area contributed by atoms with Gasteiger partial charge in [0.1, 0.15) is 18.5 Å². The van der Waals surface area contributed by atoms with E-state index in [1.54, 1.807) is 7.11 Å². The summed E-state index contributed by atoms with van der Waals surface area (Å²) < 4.78 is 10.5. The molecule has 0 radical (unpaired) electrons. The van der Waals surface area contributed by atoms with E-state index in [1.165, 1.54) is 0 Å². The summed E-state index contributed by atoms with van der Waals surface area (Å²) in [6.07, 6.45) is -0.548. The highest BCUT2D eigenvalue weighted by Crippen LogP contribution is 2.25. The van der Waals surface area contributed by atoms with Crippen LogP contribution in [0.25, 0.3) is 0 Å². The number of nitrogens with one attached hydrogen (secondary N) is 1. The first kappa shape index (κ1) is 16.2. The van der Waals surface area contributed by atoms with E-state index in [-0.39, 0.29) is 6.61 Å². The van der Waals surface area contributed by atoms with E-state index in [0.29, 0.717) is 19.7 Å². The Labute approximate surface area is 119 Å². The zero-order chi connectivity index (χ0) is 14.3. The molecule has 0 aliphatic rings. The van der Waals surface area contributed by atoms with Crippen LogP contribution in [0.15, 0.2) is 12.1 Å². The molecule has 0 spiro atoms. The highest BCUT2D eigenvalue weighted by molar-refractivity contribution is 6.32. The molecule has 4 nitrogen and oxygen atoms in total. The largest absolute Gasteiger partial charge is 0.491 e. The van der Waals surface area contributed by atoms with Crippen molar-refractivity contribution in [2.45, 2.75) is 20.0 Å². The molecular weight excluding hydrogens is 266 g/mol. The maximum Gasteiger partial charge on any atom is 0.120 e. The van der Waals surface area contributed by atoms with Crippen molar-refractivity contribution in [2.75, 3.05) is 33.4 Å². The molecule has 0 fully saturated rings. The second-order valence-electron chi connectivity index (χ2n) is 4.53. The van der Waals surface area contributed by atoms with E-state index < -0.39 is 6.10 Å². The van der Waals surface area contributed by atoms with E-state index in [0.717, 1.165) is 21.9 Å². The van der Waals surface area contributed by atoms with Crippen molar-refractivity contribution in [3.63, 3.8) is 0 Å². The minimum Gasteiger partial charge on any atom is -0.491 e. The van der Waals surface area contributed by atoms with Crippen molar-refractivity contribution in [1.29, 1.82) is 0 Å². The van der Waals surface area contributed by atoms with Gasteiger partial charge in [-0.25, -0.2) is 0 Å². The number of aryl methyl sites for hydroxylation is 2. The van der Waals surface area contributed by atoms with Gasteiger partial charge in [-0.2, -0.15) is 0 Å². The number of hydrogen-bond acceptors (Lipinski definition) is 4. The fraction of sp³-hybridized carbons (Fsp3) is 0.571. The maximum atomic E-state index is 9.75. The van der Waals surface area contributed by atoms with Crippen molar-refractivity contribution in [1.82, 2.24) is 5.32 Å². The fourth-order valence-corrected chi connectivity index (χ4v) is 1.79. The SMILES string of the molecule is COCCNCC(O)COc1cc(C)c(Cl)c(C)c1. The lowest BCUT2D eigenvalue weighted by molar-refractivity contribution is 0.103. The molecule has 19 heavy (non-hydrogen) atoms. The van der Waals surface area contributed by atoms with Gasteiger partial charge < -0.3 is 19.9 Å². The molecule has 0 aliphatic carbocycles. The topological polar surface area (TPSA) is 50.7 Å². The van der Waals surface area contributed by atoms with E-state index in [2.05, 4.69) is 5.32 Å². The molecular formula is C14H22ClNO3. The Hall–Kier alpha value is -0.810. The quantitative estimate of drug-likeness (QED) is 0.718. The normalized spacial score (nSPS) is 12.5. The summed E-state index contributed by atoms with van der Waals surface area (Å²) >= 11 is 6.08. The molecule has 1 rings (SSSR count). The average molecular weight is 288 g/mol. The highest BCUT2D eigenvalue weighted by Gasteiger charge is 2.07. The van der Waals surface area contributed by atoms with Crippen LogP contribution in [-0.4, -0.2) is 44.6 Å². The fourth-order valence-electron chi connectivity index (χ4n) is 1.68. The summed E-state index contributed by atoms with van der Waals surface area (Å²) in [6.45, 7) is 5.95. The zero-order valence-corrected chi connectivity index (χ0v) is 12.5. The van der Waals surface area contributed by atoms with Crippen molar-refractivity contribution >= 4 is 11.6 Å². The van der Waals surface area contributed by atoms with Crippen LogP contribution < -0.4 is 10.1 Å². The van der Waals surface area contributed by atoms with Gasteiger partial charge in [-0.15, -0.1) is 0 Å². The molecule has 5 heteroatoms. The Morgan fingerprint density at radius 3 is 2.53 bits per heavy atom. The second kappa shape index (κ2) is 8.38. The highest BCUT2D eigenvalue weighted by atomic mass is 35.5. The molecule has 0 bridgehead atoms. The van der Waals surface area contributed by atoms with Crippen LogP contribution in [-0.2, 0) is 4.74 Å². The van der Waals surface area contributed by atoms with Gasteiger partial charge in [0, 0.05) is 25.2 Å². The summed E-state index contributed by atoms with van der Waals surface area (Å²) in [5.74, 6) is 0.732. The molecule has 0 aliphatic heterocycles. The Morgan fingerprint density at radius 1 is 1.32 bits per heavy atom. The van der Waals surface area contributed by atoms with E-state index in [1.807, 2.05) is 26.0 Å². The Kier molecular flexibility index (Phi) is 7.16. The predicted octanol–water partition coefficient (Wildman–Crippen LogP) is 1.93. The van der Waals surface area contributed by atoms with Gasteiger partial charge in [-0.3, -0.25) is 0 Å². The monoisotopic (exact) mass is 287 g/mol. The molecule has 0 aromatic heterocycles. The summed E-state index contributed by atoms with van der Waals surface area (Å²) in [5.41, 5.74) is 1.95. The lowest BCUT2D eigenvalue weighted by atomic mass is 10.1. The van der Waals surface area contributed by atoms with Crippen molar-refractivity contribution in [2.24, 2.45) is 0 Å². The lowest BCUT2D eigenvalue weighted by Gasteiger charge is -2.14. The Balaban J connectivity index is 2.36. The van der Waals surface area contributed by atoms with Gasteiger partial charge in [0.05, 0.1) is 6.61 Å². The third-order valence-corrected chi connectivity index (χ3v) is 3.31. The van der Waals surface area contributed by atoms with Crippen LogP contribution in [0.2, 0.25) is 5.02 Å². The number of hydrogen-bond donors (Lipinski definition) is 2. The summed E-state index contributed by atoms with van der Waals surface area (Å²) in [5, 5.41) is 13.6. The third-order valence-electron chi connectivity index (χ3n) is 2.72. The third kappa shape index (κ3) is 5.78. The standard InChI is InChI=1S/C14H22ClNO3/c1-10-6-13(7-11(2)14(10)15)19-9-12(17)8-16-4-5-18-3/h6-7,12,16-17H,4-5,8-9H2,1-3H3. The number of benzene rings is 1. The zero-order valence-electron chi connectivity index (χ0n) is 11.7. The van der Waals surface area contributed by atoms with Gasteiger partial charge >= 0.3 is 0 Å². The van der Waals surface area contributed by atoms with Gasteiger partial charge in [0.25, 0.3) is 0 Å². The second-order valence-corrected chi connectivity index (χ2v) is 4.91. The number of halogens is 1. The average Bonchev–Trinajstić information content (AvgIpc) is 2.38. The van der Waals surface area contributed by atoms with Crippen LogP contribution in [0.3, 0.4) is 0 Å². The molecule has 1 aromatic rings. The Morgan fingerprint density at radius 2 is 1.95 bits per heavy atom. The first-order valence-electron chi connectivity index (χ1n) is 6.32. The number of methoxy groups -OCH3 is 1. The lowest BCUT2D eigenvalue weighted by Crippen LogP contribution is -2.33. The van der Waals surface area contributed by atoms with Crippen molar-refractivity contribution in [3.05, 3.63) is 28.3 Å². The van der Waals surface area contributed by atoms with Gasteiger partial charge in [-0.05, 0) is 37.1 Å². The van der Waals surface area contributed by atoms with Crippen LogP contribution in [0.1, 0.15) is 11.1 Å².